The lowest BCUT2D eigenvalue weighted by Gasteiger charge is -2.12. The minimum Gasteiger partial charge on any atom is -0.495 e. The number of aliphatic carboxylic acids is 1. The molecule has 0 aliphatic carbocycles. The molecule has 0 aliphatic rings. The van der Waals surface area contributed by atoms with Gasteiger partial charge in [0, 0.05) is 11.8 Å². The topological polar surface area (TPSA) is 153 Å². The minimum atomic E-state index is -4.10. The first-order valence-corrected chi connectivity index (χ1v) is 10.3. The summed E-state index contributed by atoms with van der Waals surface area (Å²) in [6, 6.07) is 8.96. The number of hydrogen-bond donors (Lipinski definition) is 3. The summed E-state index contributed by atoms with van der Waals surface area (Å²) in [5, 5.41) is 13.7. The maximum absolute atomic E-state index is 12.7. The van der Waals surface area contributed by atoms with Gasteiger partial charge in [0.25, 0.3) is 10.0 Å². The van der Waals surface area contributed by atoms with Crippen LogP contribution in [0.2, 0.25) is 0 Å². The van der Waals surface area contributed by atoms with Crippen molar-refractivity contribution < 1.29 is 31.5 Å². The van der Waals surface area contributed by atoms with Crippen molar-refractivity contribution in [3.8, 4) is 5.75 Å². The van der Waals surface area contributed by atoms with E-state index in [1.165, 1.54) is 43.5 Å². The fourth-order valence-electron chi connectivity index (χ4n) is 2.10. The zero-order chi connectivity index (χ0) is 20.2. The number of sulfonamides is 2. The number of anilines is 1. The highest BCUT2D eigenvalue weighted by molar-refractivity contribution is 7.92. The Morgan fingerprint density at radius 2 is 1.74 bits per heavy atom. The zero-order valence-corrected chi connectivity index (χ0v) is 15.6. The van der Waals surface area contributed by atoms with Gasteiger partial charge in [-0.05, 0) is 48.0 Å². The third-order valence-corrected chi connectivity index (χ3v) is 5.66. The predicted octanol–water partition coefficient (Wildman–Crippen LogP) is 1.24. The van der Waals surface area contributed by atoms with Crippen LogP contribution >= 0.6 is 0 Å². The van der Waals surface area contributed by atoms with Crippen molar-refractivity contribution in [2.45, 2.75) is 9.79 Å². The molecule has 0 aliphatic heterocycles. The fourth-order valence-corrected chi connectivity index (χ4v) is 3.88. The Bertz CT molecular complexity index is 1090. The van der Waals surface area contributed by atoms with E-state index in [-0.39, 0.29) is 21.2 Å². The number of rotatable bonds is 7. The Kier molecular flexibility index (Phi) is 5.88. The number of methoxy groups -OCH3 is 1. The maximum Gasteiger partial charge on any atom is 0.328 e. The van der Waals surface area contributed by atoms with Gasteiger partial charge in [-0.3, -0.25) is 4.72 Å². The first-order valence-electron chi connectivity index (χ1n) is 7.27. The van der Waals surface area contributed by atoms with Crippen LogP contribution in [0.25, 0.3) is 6.08 Å². The molecule has 11 heteroatoms. The molecule has 0 unspecified atom stereocenters. The summed E-state index contributed by atoms with van der Waals surface area (Å²) in [5.74, 6) is -1.13. The minimum absolute atomic E-state index is 0.0520. The van der Waals surface area contributed by atoms with E-state index >= 15 is 0 Å². The van der Waals surface area contributed by atoms with E-state index in [9.17, 15) is 21.6 Å². The zero-order valence-electron chi connectivity index (χ0n) is 14.0. The number of nitrogens with one attached hydrogen (secondary N) is 1. The van der Waals surface area contributed by atoms with Crippen LogP contribution in [0.15, 0.2) is 58.3 Å². The number of hydrogen-bond acceptors (Lipinski definition) is 6. The second kappa shape index (κ2) is 7.78. The highest BCUT2D eigenvalue weighted by Crippen LogP contribution is 2.27. The van der Waals surface area contributed by atoms with Crippen LogP contribution in [0.4, 0.5) is 5.69 Å². The molecule has 0 radical (unpaired) electrons. The quantitative estimate of drug-likeness (QED) is 0.578. The van der Waals surface area contributed by atoms with Gasteiger partial charge in [-0.25, -0.2) is 26.8 Å². The first-order chi connectivity index (χ1) is 12.5. The number of carbonyl (C=O) groups is 1. The molecule has 4 N–H and O–H groups in total. The Labute approximate surface area is 156 Å². The third-order valence-electron chi connectivity index (χ3n) is 3.33. The molecule has 9 nitrogen and oxygen atoms in total. The Morgan fingerprint density at radius 1 is 1.11 bits per heavy atom. The molecule has 2 aromatic carbocycles. The molecule has 0 spiro atoms. The lowest BCUT2D eigenvalue weighted by Crippen LogP contribution is -2.15. The van der Waals surface area contributed by atoms with Crippen LogP contribution in [-0.2, 0) is 24.8 Å². The smallest absolute Gasteiger partial charge is 0.328 e. The number of ether oxygens (including phenoxy) is 1. The summed E-state index contributed by atoms with van der Waals surface area (Å²) >= 11 is 0. The Morgan fingerprint density at radius 3 is 2.26 bits per heavy atom. The predicted molar refractivity (Wildman–Crippen MR) is 98.3 cm³/mol. The molecule has 0 bridgehead atoms. The summed E-state index contributed by atoms with van der Waals surface area (Å²) in [6.07, 6.45) is 2.11. The van der Waals surface area contributed by atoms with Crippen molar-refractivity contribution in [2.75, 3.05) is 11.8 Å². The van der Waals surface area contributed by atoms with Gasteiger partial charge < -0.3 is 9.84 Å². The number of benzene rings is 2. The molecule has 0 saturated heterocycles. The van der Waals surface area contributed by atoms with Crippen LogP contribution < -0.4 is 14.6 Å². The van der Waals surface area contributed by atoms with Gasteiger partial charge in [-0.2, -0.15) is 0 Å². The molecule has 0 amide bonds. The number of carboxylic acids is 1. The summed E-state index contributed by atoms with van der Waals surface area (Å²) in [7, 11) is -6.71. The summed E-state index contributed by atoms with van der Waals surface area (Å²) in [5.41, 5.74) is 0.444. The standard InChI is InChI=1S/C16H16N2O7S2/c1-25-14-8-2-11(3-9-16(19)20)10-15(14)27(23,24)18-12-4-6-13(7-5-12)26(17,21)22/h2-10,18H,1H3,(H,19,20)(H2,17,21,22)/b9-3+. The van der Waals surface area contributed by atoms with E-state index in [2.05, 4.69) is 4.72 Å². The van der Waals surface area contributed by atoms with Gasteiger partial charge in [0.15, 0.2) is 0 Å². The monoisotopic (exact) mass is 412 g/mol. The van der Waals surface area contributed by atoms with Crippen molar-refractivity contribution in [1.82, 2.24) is 0 Å². The van der Waals surface area contributed by atoms with Crippen LogP contribution in [0.1, 0.15) is 5.56 Å². The van der Waals surface area contributed by atoms with Gasteiger partial charge in [-0.1, -0.05) is 6.07 Å². The third kappa shape index (κ3) is 5.29. The lowest BCUT2D eigenvalue weighted by atomic mass is 10.2. The lowest BCUT2D eigenvalue weighted by molar-refractivity contribution is -0.131. The molecule has 0 fully saturated rings. The number of carboxylic acid groups (broad SMARTS) is 1. The highest BCUT2D eigenvalue weighted by Gasteiger charge is 2.20. The van der Waals surface area contributed by atoms with E-state index < -0.39 is 26.0 Å². The first kappa shape index (κ1) is 20.4. The molecule has 144 valence electrons. The van der Waals surface area contributed by atoms with Gasteiger partial charge >= 0.3 is 5.97 Å². The van der Waals surface area contributed by atoms with Crippen LogP contribution in [-0.4, -0.2) is 35.0 Å². The van der Waals surface area contributed by atoms with Gasteiger partial charge in [0.2, 0.25) is 10.0 Å². The SMILES string of the molecule is COc1ccc(/C=C/C(=O)O)cc1S(=O)(=O)Nc1ccc(S(N)(=O)=O)cc1. The van der Waals surface area contributed by atoms with E-state index in [4.69, 9.17) is 15.0 Å². The molecule has 27 heavy (non-hydrogen) atoms. The molecule has 0 aromatic heterocycles. The Balaban J connectivity index is 2.40. The summed E-state index contributed by atoms with van der Waals surface area (Å²) in [6.45, 7) is 0. The van der Waals surface area contributed by atoms with Crippen molar-refractivity contribution in [2.24, 2.45) is 5.14 Å². The van der Waals surface area contributed by atoms with Crippen molar-refractivity contribution in [3.63, 3.8) is 0 Å². The van der Waals surface area contributed by atoms with E-state index in [1.807, 2.05) is 0 Å². The van der Waals surface area contributed by atoms with Crippen LogP contribution in [0.3, 0.4) is 0 Å². The van der Waals surface area contributed by atoms with E-state index in [1.54, 1.807) is 0 Å². The van der Waals surface area contributed by atoms with Gasteiger partial charge in [-0.15, -0.1) is 0 Å². The van der Waals surface area contributed by atoms with E-state index in [0.717, 1.165) is 18.2 Å². The molecule has 2 rings (SSSR count). The summed E-state index contributed by atoms with van der Waals surface area (Å²) in [4.78, 5) is 10.2. The van der Waals surface area contributed by atoms with Crippen LogP contribution in [0.5, 0.6) is 5.75 Å². The molecule has 0 atom stereocenters. The molecule has 0 heterocycles. The van der Waals surface area contributed by atoms with Crippen LogP contribution in [0, 0.1) is 0 Å². The Hall–Kier alpha value is -2.89. The largest absolute Gasteiger partial charge is 0.495 e. The maximum atomic E-state index is 12.7. The fraction of sp³-hybridized carbons (Fsp3) is 0.0625. The summed E-state index contributed by atoms with van der Waals surface area (Å²) < 4.78 is 55.2. The second-order valence-electron chi connectivity index (χ2n) is 5.26. The average molecular weight is 412 g/mol. The van der Waals surface area contributed by atoms with Crippen molar-refractivity contribution in [1.29, 1.82) is 0 Å². The molecular formula is C16H16N2O7S2. The number of primary sulfonamides is 1. The second-order valence-corrected chi connectivity index (χ2v) is 8.47. The van der Waals surface area contributed by atoms with E-state index in [0.29, 0.717) is 5.56 Å². The average Bonchev–Trinajstić information content (AvgIpc) is 2.59. The van der Waals surface area contributed by atoms with Gasteiger partial charge in [0.1, 0.15) is 10.6 Å². The van der Waals surface area contributed by atoms with Crippen molar-refractivity contribution >= 4 is 37.8 Å². The molecule has 0 saturated carbocycles. The molecular weight excluding hydrogens is 396 g/mol. The van der Waals surface area contributed by atoms with Crippen molar-refractivity contribution in [3.05, 3.63) is 54.1 Å². The normalized spacial score (nSPS) is 12.1. The highest BCUT2D eigenvalue weighted by atomic mass is 32.2. The van der Waals surface area contributed by atoms with Gasteiger partial charge in [0.05, 0.1) is 12.0 Å². The number of nitrogens with two attached hydrogens (primary N) is 1. The molecule has 2 aromatic rings.